The van der Waals surface area contributed by atoms with Gasteiger partial charge in [-0.25, -0.2) is 0 Å². The van der Waals surface area contributed by atoms with Crippen LogP contribution in [-0.2, 0) is 4.79 Å². The second-order valence-electron chi connectivity index (χ2n) is 3.25. The van der Waals surface area contributed by atoms with Gasteiger partial charge in [-0.05, 0) is 12.3 Å². The lowest BCUT2D eigenvalue weighted by molar-refractivity contribution is -0.117. The maximum absolute atomic E-state index is 11.4. The van der Waals surface area contributed by atoms with Crippen molar-refractivity contribution in [3.8, 4) is 0 Å². The molecule has 5 nitrogen and oxygen atoms in total. The van der Waals surface area contributed by atoms with E-state index in [1.165, 1.54) is 11.3 Å². The van der Waals surface area contributed by atoms with Gasteiger partial charge < -0.3 is 11.1 Å². The van der Waals surface area contributed by atoms with Crippen molar-refractivity contribution < 1.29 is 4.79 Å². The summed E-state index contributed by atoms with van der Waals surface area (Å²) >= 11 is 1.19. The quantitative estimate of drug-likeness (QED) is 0.733. The Hall–Kier alpha value is -1.17. The first kappa shape index (κ1) is 8.43. The predicted molar refractivity (Wildman–Crippen MR) is 50.2 cm³/mol. The molecule has 2 rings (SSSR count). The van der Waals surface area contributed by atoms with Crippen LogP contribution >= 0.6 is 11.3 Å². The Morgan fingerprint density at radius 2 is 2.38 bits per heavy atom. The van der Waals surface area contributed by atoms with Gasteiger partial charge in [-0.15, -0.1) is 10.2 Å². The van der Waals surface area contributed by atoms with Gasteiger partial charge >= 0.3 is 0 Å². The molecule has 0 aromatic carbocycles. The van der Waals surface area contributed by atoms with Crippen molar-refractivity contribution in [1.82, 2.24) is 10.2 Å². The molecule has 0 aliphatic heterocycles. The summed E-state index contributed by atoms with van der Waals surface area (Å²) in [6.45, 7) is 2.05. The van der Waals surface area contributed by atoms with Crippen LogP contribution in [0.1, 0.15) is 13.3 Å². The molecule has 1 amide bonds. The number of nitrogens with two attached hydrogens (primary N) is 1. The molecule has 0 saturated heterocycles. The van der Waals surface area contributed by atoms with Crippen molar-refractivity contribution in [3.05, 3.63) is 0 Å². The van der Waals surface area contributed by atoms with Crippen LogP contribution in [0.3, 0.4) is 0 Å². The fourth-order valence-electron chi connectivity index (χ4n) is 1.17. The van der Waals surface area contributed by atoms with E-state index >= 15 is 0 Å². The highest BCUT2D eigenvalue weighted by molar-refractivity contribution is 7.18. The van der Waals surface area contributed by atoms with Gasteiger partial charge in [0.1, 0.15) is 0 Å². The number of nitrogen functional groups attached to an aromatic ring is 1. The minimum absolute atomic E-state index is 0.0312. The van der Waals surface area contributed by atoms with E-state index in [0.717, 1.165) is 6.42 Å². The van der Waals surface area contributed by atoms with Crippen molar-refractivity contribution in [3.63, 3.8) is 0 Å². The maximum atomic E-state index is 11.4. The molecule has 1 aliphatic carbocycles. The predicted octanol–water partition coefficient (Wildman–Crippen LogP) is 0.715. The number of nitrogens with zero attached hydrogens (tertiary/aromatic N) is 2. The van der Waals surface area contributed by atoms with Gasteiger partial charge in [0.2, 0.25) is 16.2 Å². The number of hydrogen-bond donors (Lipinski definition) is 2. The maximum Gasteiger partial charge on any atom is 0.229 e. The normalized spacial score (nSPS) is 25.6. The molecule has 3 N–H and O–H groups in total. The minimum atomic E-state index is 0.0312. The Bertz CT molecular complexity index is 337. The van der Waals surface area contributed by atoms with E-state index in [0.29, 0.717) is 16.2 Å². The number of carbonyl (C=O) groups is 1. The lowest BCUT2D eigenvalue weighted by Gasteiger charge is -1.96. The monoisotopic (exact) mass is 198 g/mol. The number of hydrogen-bond acceptors (Lipinski definition) is 5. The summed E-state index contributed by atoms with van der Waals surface area (Å²) < 4.78 is 0. The van der Waals surface area contributed by atoms with Gasteiger partial charge in [0.25, 0.3) is 0 Å². The van der Waals surface area contributed by atoms with Gasteiger partial charge in [-0.2, -0.15) is 0 Å². The average molecular weight is 198 g/mol. The SMILES string of the molecule is CC1CC1C(=O)Nc1nnc(N)s1. The van der Waals surface area contributed by atoms with E-state index < -0.39 is 0 Å². The van der Waals surface area contributed by atoms with Crippen LogP contribution in [0.25, 0.3) is 0 Å². The van der Waals surface area contributed by atoms with Crippen molar-refractivity contribution in [2.24, 2.45) is 11.8 Å². The number of nitrogens with one attached hydrogen (secondary N) is 1. The molecule has 2 atom stereocenters. The summed E-state index contributed by atoms with van der Waals surface area (Å²) in [5.41, 5.74) is 5.37. The highest BCUT2D eigenvalue weighted by Gasteiger charge is 2.39. The second-order valence-corrected chi connectivity index (χ2v) is 4.26. The molecule has 1 saturated carbocycles. The number of carbonyl (C=O) groups excluding carboxylic acids is 1. The minimum Gasteiger partial charge on any atom is -0.374 e. The van der Waals surface area contributed by atoms with Gasteiger partial charge in [-0.1, -0.05) is 18.3 Å². The Morgan fingerprint density at radius 3 is 2.85 bits per heavy atom. The number of aromatic nitrogens is 2. The molecule has 70 valence electrons. The number of amides is 1. The summed E-state index contributed by atoms with van der Waals surface area (Å²) in [6, 6.07) is 0. The highest BCUT2D eigenvalue weighted by atomic mass is 32.1. The third-order valence-electron chi connectivity index (χ3n) is 2.12. The van der Waals surface area contributed by atoms with Crippen LogP contribution < -0.4 is 11.1 Å². The molecular formula is C7H10N4OS. The highest BCUT2D eigenvalue weighted by Crippen LogP contribution is 2.38. The summed E-state index contributed by atoms with van der Waals surface area (Å²) in [5.74, 6) is 0.694. The summed E-state index contributed by atoms with van der Waals surface area (Å²) in [5, 5.41) is 10.8. The first-order valence-corrected chi connectivity index (χ1v) is 4.88. The van der Waals surface area contributed by atoms with Gasteiger partial charge in [0.15, 0.2) is 0 Å². The number of anilines is 2. The summed E-state index contributed by atoms with van der Waals surface area (Å²) in [6.07, 6.45) is 0.972. The van der Waals surface area contributed by atoms with E-state index in [9.17, 15) is 4.79 Å². The summed E-state index contributed by atoms with van der Waals surface area (Å²) in [4.78, 5) is 11.4. The zero-order valence-electron chi connectivity index (χ0n) is 7.15. The van der Waals surface area contributed by atoms with Crippen LogP contribution in [0.15, 0.2) is 0 Å². The Labute approximate surface area is 79.3 Å². The Kier molecular flexibility index (Phi) is 1.91. The van der Waals surface area contributed by atoms with Gasteiger partial charge in [-0.3, -0.25) is 4.79 Å². The zero-order chi connectivity index (χ0) is 9.42. The lowest BCUT2D eigenvalue weighted by atomic mass is 10.3. The van der Waals surface area contributed by atoms with Crippen molar-refractivity contribution in [1.29, 1.82) is 0 Å². The smallest absolute Gasteiger partial charge is 0.229 e. The third kappa shape index (κ3) is 1.77. The van der Waals surface area contributed by atoms with Crippen LogP contribution in [-0.4, -0.2) is 16.1 Å². The molecule has 1 heterocycles. The molecule has 0 spiro atoms. The molecule has 1 aromatic rings. The van der Waals surface area contributed by atoms with Crippen molar-refractivity contribution in [2.45, 2.75) is 13.3 Å². The topological polar surface area (TPSA) is 80.9 Å². The molecule has 0 bridgehead atoms. The molecule has 6 heteroatoms. The molecular weight excluding hydrogens is 188 g/mol. The van der Waals surface area contributed by atoms with E-state index in [1.807, 2.05) is 0 Å². The van der Waals surface area contributed by atoms with E-state index in [2.05, 4.69) is 22.4 Å². The first-order chi connectivity index (χ1) is 6.16. The van der Waals surface area contributed by atoms with E-state index in [4.69, 9.17) is 5.73 Å². The Morgan fingerprint density at radius 1 is 1.69 bits per heavy atom. The lowest BCUT2D eigenvalue weighted by Crippen LogP contribution is -2.14. The molecule has 1 aliphatic rings. The first-order valence-electron chi connectivity index (χ1n) is 4.06. The van der Waals surface area contributed by atoms with E-state index in [1.54, 1.807) is 0 Å². The average Bonchev–Trinajstić information content (AvgIpc) is 2.66. The van der Waals surface area contributed by atoms with Crippen molar-refractivity contribution >= 4 is 27.5 Å². The molecule has 0 radical (unpaired) electrons. The largest absolute Gasteiger partial charge is 0.374 e. The fraction of sp³-hybridized carbons (Fsp3) is 0.571. The van der Waals surface area contributed by atoms with Crippen molar-refractivity contribution in [2.75, 3.05) is 11.1 Å². The molecule has 2 unspecified atom stereocenters. The van der Waals surface area contributed by atoms with Crippen LogP contribution in [0, 0.1) is 11.8 Å². The zero-order valence-corrected chi connectivity index (χ0v) is 7.97. The van der Waals surface area contributed by atoms with Crippen LogP contribution in [0.2, 0.25) is 0 Å². The molecule has 1 aromatic heterocycles. The molecule has 1 fully saturated rings. The standard InChI is InChI=1S/C7H10N4OS/c1-3-2-4(3)5(12)9-7-11-10-6(8)13-7/h3-4H,2H2,1H3,(H2,8,10)(H,9,11,12). The third-order valence-corrected chi connectivity index (χ3v) is 2.78. The second kappa shape index (κ2) is 2.95. The number of rotatable bonds is 2. The van der Waals surface area contributed by atoms with Gasteiger partial charge in [0.05, 0.1) is 0 Å². The van der Waals surface area contributed by atoms with E-state index in [-0.39, 0.29) is 11.8 Å². The fourth-order valence-corrected chi connectivity index (χ4v) is 1.68. The Balaban J connectivity index is 1.95. The van der Waals surface area contributed by atoms with Gasteiger partial charge in [0, 0.05) is 5.92 Å². The summed E-state index contributed by atoms with van der Waals surface area (Å²) in [7, 11) is 0. The van der Waals surface area contributed by atoms with Crippen LogP contribution in [0.5, 0.6) is 0 Å². The molecule has 13 heavy (non-hydrogen) atoms. The van der Waals surface area contributed by atoms with Crippen LogP contribution in [0.4, 0.5) is 10.3 Å².